The topological polar surface area (TPSA) is 41.5 Å². The van der Waals surface area contributed by atoms with Crippen molar-refractivity contribution in [1.82, 2.24) is 5.32 Å². The normalized spacial score (nSPS) is 19.2. The third-order valence-electron chi connectivity index (χ3n) is 2.75. The minimum Gasteiger partial charge on any atom is -0.504 e. The van der Waals surface area contributed by atoms with Gasteiger partial charge >= 0.3 is 0 Å². The Morgan fingerprint density at radius 3 is 2.94 bits per heavy atom. The van der Waals surface area contributed by atoms with Crippen molar-refractivity contribution in [2.75, 3.05) is 13.2 Å². The lowest BCUT2D eigenvalue weighted by Crippen LogP contribution is -2.12. The molecule has 0 radical (unpaired) electrons. The van der Waals surface area contributed by atoms with Crippen LogP contribution in [0.1, 0.15) is 31.4 Å². The van der Waals surface area contributed by atoms with E-state index in [9.17, 15) is 5.11 Å². The first-order chi connectivity index (χ1) is 7.31. The third kappa shape index (κ3) is 2.80. The predicted molar refractivity (Wildman–Crippen MR) is 66.5 cm³/mol. The highest BCUT2D eigenvalue weighted by molar-refractivity contribution is 5.85. The Kier molecular flexibility index (Phi) is 4.90. The molecule has 0 aliphatic carbocycles. The van der Waals surface area contributed by atoms with E-state index < -0.39 is 0 Å². The summed E-state index contributed by atoms with van der Waals surface area (Å²) in [4.78, 5) is 0. The van der Waals surface area contributed by atoms with Crippen LogP contribution in [0.25, 0.3) is 0 Å². The molecule has 0 aromatic heterocycles. The van der Waals surface area contributed by atoms with E-state index in [2.05, 4.69) is 5.32 Å². The number of phenolic OH excluding ortho intramolecular Hbond substituents is 1. The molecule has 90 valence electrons. The van der Waals surface area contributed by atoms with Gasteiger partial charge in [-0.25, -0.2) is 0 Å². The molecule has 1 fully saturated rings. The molecule has 1 heterocycles. The van der Waals surface area contributed by atoms with Gasteiger partial charge in [0.1, 0.15) is 0 Å². The summed E-state index contributed by atoms with van der Waals surface area (Å²) < 4.78 is 5.36. The van der Waals surface area contributed by atoms with Crippen LogP contribution in [0.4, 0.5) is 0 Å². The maximum absolute atomic E-state index is 9.56. The van der Waals surface area contributed by atoms with Crippen LogP contribution in [0, 0.1) is 0 Å². The van der Waals surface area contributed by atoms with Gasteiger partial charge in [-0.2, -0.15) is 0 Å². The highest BCUT2D eigenvalue weighted by atomic mass is 35.5. The van der Waals surface area contributed by atoms with Crippen molar-refractivity contribution in [1.29, 1.82) is 0 Å². The first kappa shape index (κ1) is 13.1. The second kappa shape index (κ2) is 5.97. The molecule has 1 saturated heterocycles. The number of ether oxygens (including phenoxy) is 1. The number of benzene rings is 1. The Labute approximate surface area is 102 Å². The summed E-state index contributed by atoms with van der Waals surface area (Å²) in [5.74, 6) is 0.808. The molecule has 1 atom stereocenters. The Hall–Kier alpha value is -0.930. The lowest BCUT2D eigenvalue weighted by atomic mass is 10.0. The van der Waals surface area contributed by atoms with Gasteiger partial charge in [-0.05, 0) is 44.0 Å². The van der Waals surface area contributed by atoms with Crippen LogP contribution < -0.4 is 10.1 Å². The fourth-order valence-corrected chi connectivity index (χ4v) is 1.99. The number of halogens is 1. The molecular weight excluding hydrogens is 226 g/mol. The summed E-state index contributed by atoms with van der Waals surface area (Å²) in [6.45, 7) is 3.57. The smallest absolute Gasteiger partial charge is 0.161 e. The Morgan fingerprint density at radius 2 is 2.31 bits per heavy atom. The van der Waals surface area contributed by atoms with Crippen LogP contribution in [0.3, 0.4) is 0 Å². The molecule has 0 spiro atoms. The van der Waals surface area contributed by atoms with Crippen LogP contribution in [-0.4, -0.2) is 18.3 Å². The fourth-order valence-electron chi connectivity index (χ4n) is 1.99. The van der Waals surface area contributed by atoms with Crippen LogP contribution >= 0.6 is 12.4 Å². The number of hydrogen-bond acceptors (Lipinski definition) is 3. The second-order valence-corrected chi connectivity index (χ2v) is 3.81. The van der Waals surface area contributed by atoms with Gasteiger partial charge in [0.25, 0.3) is 0 Å². The molecule has 0 saturated carbocycles. The van der Waals surface area contributed by atoms with E-state index in [0.717, 1.165) is 13.0 Å². The zero-order valence-electron chi connectivity index (χ0n) is 9.40. The number of nitrogens with one attached hydrogen (secondary N) is 1. The summed E-state index contributed by atoms with van der Waals surface area (Å²) >= 11 is 0. The molecule has 2 rings (SSSR count). The van der Waals surface area contributed by atoms with E-state index in [1.165, 1.54) is 12.0 Å². The molecule has 0 amide bonds. The molecule has 16 heavy (non-hydrogen) atoms. The van der Waals surface area contributed by atoms with E-state index in [1.807, 2.05) is 19.1 Å². The van der Waals surface area contributed by atoms with Gasteiger partial charge in [0, 0.05) is 6.04 Å². The minimum absolute atomic E-state index is 0. The van der Waals surface area contributed by atoms with Crippen molar-refractivity contribution >= 4 is 12.4 Å². The first-order valence-electron chi connectivity index (χ1n) is 5.50. The van der Waals surface area contributed by atoms with E-state index in [1.54, 1.807) is 6.07 Å². The van der Waals surface area contributed by atoms with E-state index in [4.69, 9.17) is 4.74 Å². The SMILES string of the molecule is CCOc1cc([C@H]2CCCN2)ccc1O.Cl. The number of rotatable bonds is 3. The van der Waals surface area contributed by atoms with Gasteiger partial charge in [0.15, 0.2) is 11.5 Å². The van der Waals surface area contributed by atoms with Crippen molar-refractivity contribution < 1.29 is 9.84 Å². The Balaban J connectivity index is 0.00000128. The zero-order valence-corrected chi connectivity index (χ0v) is 10.2. The molecule has 3 nitrogen and oxygen atoms in total. The highest BCUT2D eigenvalue weighted by Crippen LogP contribution is 2.31. The summed E-state index contributed by atoms with van der Waals surface area (Å²) in [5.41, 5.74) is 1.20. The molecule has 2 N–H and O–H groups in total. The van der Waals surface area contributed by atoms with Crippen LogP contribution in [0.15, 0.2) is 18.2 Å². The van der Waals surface area contributed by atoms with Gasteiger partial charge in [-0.1, -0.05) is 6.07 Å². The quantitative estimate of drug-likeness (QED) is 0.858. The maximum Gasteiger partial charge on any atom is 0.161 e. The van der Waals surface area contributed by atoms with E-state index in [0.29, 0.717) is 18.4 Å². The molecule has 4 heteroatoms. The summed E-state index contributed by atoms with van der Waals surface area (Å²) in [6, 6.07) is 6.02. The second-order valence-electron chi connectivity index (χ2n) is 3.81. The average Bonchev–Trinajstić information content (AvgIpc) is 2.75. The number of phenols is 1. The Morgan fingerprint density at radius 1 is 1.50 bits per heavy atom. The van der Waals surface area contributed by atoms with Crippen molar-refractivity contribution in [2.45, 2.75) is 25.8 Å². The summed E-state index contributed by atoms with van der Waals surface area (Å²) in [6.07, 6.45) is 2.38. The number of aromatic hydroxyl groups is 1. The van der Waals surface area contributed by atoms with E-state index in [-0.39, 0.29) is 18.2 Å². The monoisotopic (exact) mass is 243 g/mol. The predicted octanol–water partition coefficient (Wildman–Crippen LogP) is 2.64. The van der Waals surface area contributed by atoms with Gasteiger partial charge in [-0.3, -0.25) is 0 Å². The fraction of sp³-hybridized carbons (Fsp3) is 0.500. The number of hydrogen-bond donors (Lipinski definition) is 2. The lowest BCUT2D eigenvalue weighted by molar-refractivity contribution is 0.317. The van der Waals surface area contributed by atoms with Gasteiger partial charge < -0.3 is 15.2 Å². The summed E-state index contributed by atoms with van der Waals surface area (Å²) in [5, 5.41) is 13.0. The third-order valence-corrected chi connectivity index (χ3v) is 2.75. The summed E-state index contributed by atoms with van der Waals surface area (Å²) in [7, 11) is 0. The Bertz CT molecular complexity index is 338. The van der Waals surface area contributed by atoms with E-state index >= 15 is 0 Å². The molecule has 0 bridgehead atoms. The molecule has 1 aliphatic heterocycles. The minimum atomic E-state index is 0. The molecule has 0 unspecified atom stereocenters. The zero-order chi connectivity index (χ0) is 10.7. The lowest BCUT2D eigenvalue weighted by Gasteiger charge is -2.13. The van der Waals surface area contributed by atoms with Gasteiger partial charge in [0.2, 0.25) is 0 Å². The largest absolute Gasteiger partial charge is 0.504 e. The van der Waals surface area contributed by atoms with Crippen LogP contribution in [-0.2, 0) is 0 Å². The van der Waals surface area contributed by atoms with Crippen molar-refractivity contribution in [3.8, 4) is 11.5 Å². The molecule has 1 aromatic rings. The van der Waals surface area contributed by atoms with Gasteiger partial charge in [-0.15, -0.1) is 12.4 Å². The van der Waals surface area contributed by atoms with Crippen molar-refractivity contribution in [2.24, 2.45) is 0 Å². The average molecular weight is 244 g/mol. The highest BCUT2D eigenvalue weighted by Gasteiger charge is 2.17. The molecular formula is C12H18ClNO2. The van der Waals surface area contributed by atoms with Crippen LogP contribution in [0.2, 0.25) is 0 Å². The van der Waals surface area contributed by atoms with Crippen molar-refractivity contribution in [3.63, 3.8) is 0 Å². The van der Waals surface area contributed by atoms with Gasteiger partial charge in [0.05, 0.1) is 6.61 Å². The standard InChI is InChI=1S/C12H17NO2.ClH/c1-2-15-12-8-9(5-6-11(12)14)10-4-3-7-13-10;/h5-6,8,10,13-14H,2-4,7H2,1H3;1H/t10-;/m1./s1. The van der Waals surface area contributed by atoms with Crippen LogP contribution in [0.5, 0.6) is 11.5 Å². The molecule has 1 aliphatic rings. The maximum atomic E-state index is 9.56. The molecule has 1 aromatic carbocycles. The van der Waals surface area contributed by atoms with Crippen molar-refractivity contribution in [3.05, 3.63) is 23.8 Å². The first-order valence-corrected chi connectivity index (χ1v) is 5.50.